The maximum absolute atomic E-state index is 10.5. The van der Waals surface area contributed by atoms with Gasteiger partial charge in [0.25, 0.3) is 5.91 Å². The van der Waals surface area contributed by atoms with E-state index in [-0.39, 0.29) is 5.91 Å². The molecule has 54 valence electrons. The fraction of sp³-hybridized carbons (Fsp3) is 0.833. The predicted molar refractivity (Wildman–Crippen MR) is 41.7 cm³/mol. The summed E-state index contributed by atoms with van der Waals surface area (Å²) < 4.78 is 3.33. The minimum Gasteiger partial charge on any atom is -0.272 e. The van der Waals surface area contributed by atoms with Crippen molar-refractivity contribution in [1.82, 2.24) is 0 Å². The van der Waals surface area contributed by atoms with Crippen molar-refractivity contribution in [3.63, 3.8) is 0 Å². The van der Waals surface area contributed by atoms with Crippen LogP contribution in [0.1, 0.15) is 32.6 Å². The first-order valence-corrected chi connectivity index (χ1v) is 3.66. The highest BCUT2D eigenvalue weighted by molar-refractivity contribution is 7.47. The molecule has 0 heterocycles. The Kier molecular flexibility index (Phi) is 5.83. The third kappa shape index (κ3) is 5.69. The summed E-state index contributed by atoms with van der Waals surface area (Å²) in [6.07, 6.45) is 3.81. The molecule has 0 rings (SSSR count). The van der Waals surface area contributed by atoms with Gasteiger partial charge >= 0.3 is 0 Å². The minimum atomic E-state index is -0.0554. The zero-order valence-corrected chi connectivity index (χ0v) is 6.68. The molecule has 0 aliphatic rings. The molecule has 0 atom stereocenters. The molecule has 0 aromatic rings. The number of hydrogen-bond donors (Lipinski definition) is 0. The molecule has 3 heteroatoms. The van der Waals surface area contributed by atoms with Gasteiger partial charge in [-0.05, 0) is 6.42 Å². The van der Waals surface area contributed by atoms with Crippen LogP contribution in [0.25, 0.3) is 0 Å². The van der Waals surface area contributed by atoms with Crippen molar-refractivity contribution in [2.45, 2.75) is 32.6 Å². The number of unbranched alkanes of at least 4 members (excludes halogenated alkanes) is 2. The molecule has 0 bridgehead atoms. The van der Waals surface area contributed by atoms with E-state index in [0.29, 0.717) is 6.42 Å². The summed E-state index contributed by atoms with van der Waals surface area (Å²) in [6, 6.07) is 0. The molecule has 9 heavy (non-hydrogen) atoms. The first kappa shape index (κ1) is 8.82. The standard InChI is InChI=1S/C6H13NOS/c1-2-3-4-5-6(8)7-9/h2-5,9H2,1H3. The minimum absolute atomic E-state index is 0.0554. The van der Waals surface area contributed by atoms with E-state index in [1.807, 2.05) is 0 Å². The quantitative estimate of drug-likeness (QED) is 0.551. The Balaban J connectivity index is 3.07. The van der Waals surface area contributed by atoms with E-state index < -0.39 is 0 Å². The summed E-state index contributed by atoms with van der Waals surface area (Å²) in [4.78, 5) is 10.5. The number of carbonyl (C=O) groups is 1. The molecule has 2 nitrogen and oxygen atoms in total. The summed E-state index contributed by atoms with van der Waals surface area (Å²) in [5.41, 5.74) is 0. The van der Waals surface area contributed by atoms with Crippen LogP contribution in [0.3, 0.4) is 0 Å². The highest BCUT2D eigenvalue weighted by atomic mass is 32.1. The molecule has 0 saturated carbocycles. The number of hydrogen-bond acceptors (Lipinski definition) is 1. The lowest BCUT2D eigenvalue weighted by molar-refractivity contribution is -0.117. The van der Waals surface area contributed by atoms with Gasteiger partial charge in [-0.15, -0.1) is 12.4 Å². The number of rotatable bonds is 4. The summed E-state index contributed by atoms with van der Waals surface area (Å²) in [5, 5.41) is 0. The van der Waals surface area contributed by atoms with Crippen molar-refractivity contribution in [3.05, 3.63) is 0 Å². The summed E-state index contributed by atoms with van der Waals surface area (Å²) in [7, 11) is 0. The van der Waals surface area contributed by atoms with E-state index in [0.717, 1.165) is 19.3 Å². The van der Waals surface area contributed by atoms with Crippen LogP contribution in [0, 0.1) is 0 Å². The number of carbonyl (C=O) groups excluding carboxylic acids is 1. The van der Waals surface area contributed by atoms with E-state index in [1.54, 1.807) is 0 Å². The Morgan fingerprint density at radius 3 is 2.67 bits per heavy atom. The summed E-state index contributed by atoms with van der Waals surface area (Å²) in [6.45, 7) is 2.11. The Hall–Kier alpha value is -0.180. The second kappa shape index (κ2) is 5.95. The van der Waals surface area contributed by atoms with E-state index in [4.69, 9.17) is 0 Å². The van der Waals surface area contributed by atoms with Gasteiger partial charge in [0.15, 0.2) is 0 Å². The van der Waals surface area contributed by atoms with Crippen molar-refractivity contribution >= 4 is 18.3 Å². The van der Waals surface area contributed by atoms with Gasteiger partial charge < -0.3 is 0 Å². The molecule has 0 radical (unpaired) electrons. The highest BCUT2D eigenvalue weighted by Crippen LogP contribution is 1.99. The molecule has 0 spiro atoms. The van der Waals surface area contributed by atoms with Crippen molar-refractivity contribution in [1.29, 1.82) is 0 Å². The van der Waals surface area contributed by atoms with Gasteiger partial charge in [0.2, 0.25) is 0 Å². The molecule has 0 fully saturated rings. The Morgan fingerprint density at radius 1 is 1.56 bits per heavy atom. The van der Waals surface area contributed by atoms with Crippen LogP contribution < -0.4 is 0 Å². The van der Waals surface area contributed by atoms with Gasteiger partial charge in [-0.1, -0.05) is 19.8 Å². The van der Waals surface area contributed by atoms with E-state index in [9.17, 15) is 4.79 Å². The molecule has 0 aliphatic carbocycles. The lowest BCUT2D eigenvalue weighted by atomic mass is 10.2. The van der Waals surface area contributed by atoms with Crippen LogP contribution in [0.4, 0.5) is 0 Å². The monoisotopic (exact) mass is 147 g/mol. The highest BCUT2D eigenvalue weighted by Gasteiger charge is 1.94. The lowest BCUT2D eigenvalue weighted by Gasteiger charge is -1.90. The van der Waals surface area contributed by atoms with Crippen LogP contribution in [-0.2, 0) is 17.2 Å². The molecular formula is C6H13NOS. The maximum Gasteiger partial charge on any atom is 0.251 e. The average molecular weight is 147 g/mol. The third-order valence-electron chi connectivity index (χ3n) is 1.12. The van der Waals surface area contributed by atoms with Crippen molar-refractivity contribution in [2.24, 2.45) is 4.36 Å². The second-order valence-electron chi connectivity index (χ2n) is 1.96. The molecule has 0 N–H and O–H groups in total. The largest absolute Gasteiger partial charge is 0.272 e. The van der Waals surface area contributed by atoms with Gasteiger partial charge in [-0.3, -0.25) is 4.79 Å². The van der Waals surface area contributed by atoms with Crippen molar-refractivity contribution in [2.75, 3.05) is 0 Å². The molecule has 0 aromatic carbocycles. The zero-order chi connectivity index (χ0) is 7.11. The van der Waals surface area contributed by atoms with Crippen LogP contribution in [-0.4, -0.2) is 5.91 Å². The second-order valence-corrected chi connectivity index (χ2v) is 2.19. The molecule has 1 amide bonds. The van der Waals surface area contributed by atoms with Crippen LogP contribution in [0.5, 0.6) is 0 Å². The fourth-order valence-corrected chi connectivity index (χ4v) is 0.694. The first-order valence-electron chi connectivity index (χ1n) is 3.21. The Labute approximate surface area is 60.8 Å². The Bertz CT molecular complexity index is 103. The van der Waals surface area contributed by atoms with Gasteiger partial charge in [0.1, 0.15) is 0 Å². The number of nitrogens with zero attached hydrogens (tertiary/aromatic N) is 1. The lowest BCUT2D eigenvalue weighted by Crippen LogP contribution is -1.89. The topological polar surface area (TPSA) is 29.4 Å². The van der Waals surface area contributed by atoms with Gasteiger partial charge in [-0.2, -0.15) is 4.36 Å². The van der Waals surface area contributed by atoms with E-state index in [1.165, 1.54) is 0 Å². The first-order chi connectivity index (χ1) is 4.31. The number of amides is 1. The van der Waals surface area contributed by atoms with Crippen LogP contribution >= 0.6 is 0 Å². The third-order valence-corrected chi connectivity index (χ3v) is 1.37. The van der Waals surface area contributed by atoms with E-state index >= 15 is 0 Å². The zero-order valence-electron chi connectivity index (χ0n) is 5.68. The maximum atomic E-state index is 10.5. The molecule has 0 saturated heterocycles. The normalized spacial score (nSPS) is 9.11. The molecule has 0 aliphatic heterocycles. The van der Waals surface area contributed by atoms with Gasteiger partial charge in [-0.25, -0.2) is 0 Å². The van der Waals surface area contributed by atoms with Crippen LogP contribution in [0.2, 0.25) is 0 Å². The van der Waals surface area contributed by atoms with Gasteiger partial charge in [0.05, 0.1) is 0 Å². The Morgan fingerprint density at radius 2 is 2.22 bits per heavy atom. The SMILES string of the molecule is CCCCCC(=O)N=[SH2]. The van der Waals surface area contributed by atoms with Gasteiger partial charge in [0, 0.05) is 6.42 Å². The molecular weight excluding hydrogens is 134 g/mol. The molecule has 0 unspecified atom stereocenters. The van der Waals surface area contributed by atoms with Crippen molar-refractivity contribution < 1.29 is 4.79 Å². The van der Waals surface area contributed by atoms with Crippen LogP contribution in [0.15, 0.2) is 4.36 Å². The van der Waals surface area contributed by atoms with E-state index in [2.05, 4.69) is 23.7 Å². The fourth-order valence-electron chi connectivity index (χ4n) is 0.582. The molecule has 0 aromatic heterocycles. The smallest absolute Gasteiger partial charge is 0.251 e. The summed E-state index contributed by atoms with van der Waals surface area (Å²) in [5.74, 6) is -0.0554. The average Bonchev–Trinajstić information content (AvgIpc) is 1.89. The predicted octanol–water partition coefficient (Wildman–Crippen LogP) is 1.29. The summed E-state index contributed by atoms with van der Waals surface area (Å²) >= 11 is 2.79. The van der Waals surface area contributed by atoms with Crippen molar-refractivity contribution in [3.8, 4) is 0 Å².